The monoisotopic (exact) mass is 238 g/mol. The van der Waals surface area contributed by atoms with Crippen molar-refractivity contribution in [2.24, 2.45) is 11.8 Å². The molecular weight excluding hydrogens is 212 g/mol. The molecule has 0 radical (unpaired) electrons. The van der Waals surface area contributed by atoms with Gasteiger partial charge in [-0.3, -0.25) is 10.1 Å². The number of nitrogens with zero attached hydrogens (tertiary/aromatic N) is 1. The highest BCUT2D eigenvalue weighted by molar-refractivity contribution is 5.87. The number of rotatable bonds is 3. The van der Waals surface area contributed by atoms with Gasteiger partial charge in [-0.2, -0.15) is 0 Å². The standard InChI is InChI=1S/C14H26N2O/c1-4-14(3)13(17)16(10-15-14)9-12-8-6-5-7-11(12)2/h11-12,15H,4-10H2,1-3H3. The summed E-state index contributed by atoms with van der Waals surface area (Å²) >= 11 is 0. The first-order valence-electron chi connectivity index (χ1n) is 7.11. The largest absolute Gasteiger partial charge is 0.328 e. The zero-order chi connectivity index (χ0) is 12.5. The van der Waals surface area contributed by atoms with E-state index in [1.165, 1.54) is 25.7 Å². The Labute approximate surface area is 105 Å². The van der Waals surface area contributed by atoms with Crippen LogP contribution in [0.4, 0.5) is 0 Å². The van der Waals surface area contributed by atoms with E-state index in [2.05, 4.69) is 19.2 Å². The number of amides is 1. The van der Waals surface area contributed by atoms with Crippen LogP contribution in [0.1, 0.15) is 52.9 Å². The van der Waals surface area contributed by atoms with Gasteiger partial charge < -0.3 is 4.90 Å². The van der Waals surface area contributed by atoms with Crippen LogP contribution in [0.25, 0.3) is 0 Å². The Bertz CT molecular complexity index is 292. The molecule has 3 atom stereocenters. The molecule has 2 rings (SSSR count). The number of carbonyl (C=O) groups excluding carboxylic acids is 1. The number of hydrogen-bond donors (Lipinski definition) is 1. The summed E-state index contributed by atoms with van der Waals surface area (Å²) in [7, 11) is 0. The highest BCUT2D eigenvalue weighted by atomic mass is 16.2. The van der Waals surface area contributed by atoms with Crippen LogP contribution in [0.2, 0.25) is 0 Å². The van der Waals surface area contributed by atoms with Crippen molar-refractivity contribution in [1.29, 1.82) is 0 Å². The Kier molecular flexibility index (Phi) is 3.76. The molecule has 1 saturated heterocycles. The molecule has 98 valence electrons. The third-order valence-corrected chi connectivity index (χ3v) is 4.87. The molecule has 0 bridgehead atoms. The van der Waals surface area contributed by atoms with Gasteiger partial charge in [-0.1, -0.05) is 33.1 Å². The Morgan fingerprint density at radius 1 is 1.41 bits per heavy atom. The third-order valence-electron chi connectivity index (χ3n) is 4.87. The average molecular weight is 238 g/mol. The Balaban J connectivity index is 1.94. The van der Waals surface area contributed by atoms with Crippen molar-refractivity contribution in [2.75, 3.05) is 13.2 Å². The fourth-order valence-corrected chi connectivity index (χ4v) is 3.14. The molecule has 17 heavy (non-hydrogen) atoms. The molecule has 2 aliphatic rings. The lowest BCUT2D eigenvalue weighted by molar-refractivity contribution is -0.132. The minimum absolute atomic E-state index is 0.303. The number of hydrogen-bond acceptors (Lipinski definition) is 2. The van der Waals surface area contributed by atoms with E-state index in [9.17, 15) is 4.79 Å². The normalized spacial score (nSPS) is 38.8. The van der Waals surface area contributed by atoms with E-state index in [0.29, 0.717) is 11.8 Å². The smallest absolute Gasteiger partial charge is 0.243 e. The lowest BCUT2D eigenvalue weighted by atomic mass is 9.80. The van der Waals surface area contributed by atoms with Gasteiger partial charge in [0, 0.05) is 6.54 Å². The highest BCUT2D eigenvalue weighted by Gasteiger charge is 2.41. The summed E-state index contributed by atoms with van der Waals surface area (Å²) in [5, 5.41) is 3.36. The van der Waals surface area contributed by atoms with Crippen LogP contribution < -0.4 is 5.32 Å². The van der Waals surface area contributed by atoms with Crippen LogP contribution in [0, 0.1) is 11.8 Å². The first-order valence-corrected chi connectivity index (χ1v) is 7.11. The molecule has 0 aromatic rings. The highest BCUT2D eigenvalue weighted by Crippen LogP contribution is 2.31. The molecule has 1 heterocycles. The molecule has 0 aromatic heterocycles. The molecule has 1 N–H and O–H groups in total. The van der Waals surface area contributed by atoms with E-state index >= 15 is 0 Å². The fraction of sp³-hybridized carbons (Fsp3) is 0.929. The van der Waals surface area contributed by atoms with Crippen molar-refractivity contribution in [3.05, 3.63) is 0 Å². The fourth-order valence-electron chi connectivity index (χ4n) is 3.14. The SMILES string of the molecule is CCC1(C)NCN(CC2CCCCC2C)C1=O. The summed E-state index contributed by atoms with van der Waals surface area (Å²) in [5.41, 5.74) is -0.308. The minimum Gasteiger partial charge on any atom is -0.328 e. The van der Waals surface area contributed by atoms with Gasteiger partial charge in [0.25, 0.3) is 0 Å². The quantitative estimate of drug-likeness (QED) is 0.818. The number of carbonyl (C=O) groups is 1. The minimum atomic E-state index is -0.308. The molecule has 1 amide bonds. The molecule has 0 aromatic carbocycles. The van der Waals surface area contributed by atoms with Crippen molar-refractivity contribution in [3.8, 4) is 0 Å². The second-order valence-corrected chi connectivity index (χ2v) is 6.07. The van der Waals surface area contributed by atoms with Gasteiger partial charge in [-0.25, -0.2) is 0 Å². The second-order valence-electron chi connectivity index (χ2n) is 6.07. The molecule has 2 fully saturated rings. The maximum absolute atomic E-state index is 12.3. The Morgan fingerprint density at radius 2 is 2.12 bits per heavy atom. The van der Waals surface area contributed by atoms with Crippen molar-refractivity contribution in [2.45, 2.75) is 58.4 Å². The van der Waals surface area contributed by atoms with Crippen LogP contribution in [0.3, 0.4) is 0 Å². The number of nitrogens with one attached hydrogen (secondary N) is 1. The van der Waals surface area contributed by atoms with E-state index in [1.807, 2.05) is 11.8 Å². The molecule has 3 heteroatoms. The van der Waals surface area contributed by atoms with E-state index < -0.39 is 0 Å². The van der Waals surface area contributed by atoms with Crippen LogP contribution >= 0.6 is 0 Å². The van der Waals surface area contributed by atoms with Gasteiger partial charge in [-0.05, 0) is 31.6 Å². The van der Waals surface area contributed by atoms with Crippen LogP contribution in [-0.2, 0) is 4.79 Å². The molecule has 1 aliphatic carbocycles. The Morgan fingerprint density at radius 3 is 2.71 bits per heavy atom. The topological polar surface area (TPSA) is 32.3 Å². The van der Waals surface area contributed by atoms with E-state index in [4.69, 9.17) is 0 Å². The van der Waals surface area contributed by atoms with E-state index in [1.54, 1.807) is 0 Å². The molecule has 1 saturated carbocycles. The summed E-state index contributed by atoms with van der Waals surface area (Å²) in [5.74, 6) is 1.80. The second kappa shape index (κ2) is 4.97. The predicted molar refractivity (Wildman–Crippen MR) is 69.5 cm³/mol. The van der Waals surface area contributed by atoms with E-state index in [-0.39, 0.29) is 5.54 Å². The van der Waals surface area contributed by atoms with Crippen LogP contribution in [-0.4, -0.2) is 29.6 Å². The molecule has 3 unspecified atom stereocenters. The summed E-state index contributed by atoms with van der Waals surface area (Å²) in [6, 6.07) is 0. The van der Waals surface area contributed by atoms with Gasteiger partial charge in [0.05, 0.1) is 12.2 Å². The van der Waals surface area contributed by atoms with Crippen molar-refractivity contribution >= 4 is 5.91 Å². The zero-order valence-electron chi connectivity index (χ0n) is 11.5. The van der Waals surface area contributed by atoms with Gasteiger partial charge in [0.1, 0.15) is 0 Å². The van der Waals surface area contributed by atoms with Crippen LogP contribution in [0.15, 0.2) is 0 Å². The zero-order valence-corrected chi connectivity index (χ0v) is 11.5. The van der Waals surface area contributed by atoms with E-state index in [0.717, 1.165) is 25.6 Å². The maximum Gasteiger partial charge on any atom is 0.243 e. The molecule has 0 spiro atoms. The molecule has 3 nitrogen and oxygen atoms in total. The van der Waals surface area contributed by atoms with Crippen molar-refractivity contribution < 1.29 is 4.79 Å². The van der Waals surface area contributed by atoms with Gasteiger partial charge in [0.15, 0.2) is 0 Å². The predicted octanol–water partition coefficient (Wildman–Crippen LogP) is 2.37. The maximum atomic E-state index is 12.3. The van der Waals surface area contributed by atoms with Gasteiger partial charge >= 0.3 is 0 Å². The third kappa shape index (κ3) is 2.49. The first-order chi connectivity index (χ1) is 8.07. The summed E-state index contributed by atoms with van der Waals surface area (Å²) in [6.45, 7) is 8.16. The summed E-state index contributed by atoms with van der Waals surface area (Å²) < 4.78 is 0. The van der Waals surface area contributed by atoms with Crippen molar-refractivity contribution in [3.63, 3.8) is 0 Å². The molecular formula is C14H26N2O. The van der Waals surface area contributed by atoms with Gasteiger partial charge in [-0.15, -0.1) is 0 Å². The lowest BCUT2D eigenvalue weighted by Gasteiger charge is -2.32. The Hall–Kier alpha value is -0.570. The first kappa shape index (κ1) is 12.9. The van der Waals surface area contributed by atoms with Crippen LogP contribution in [0.5, 0.6) is 0 Å². The summed E-state index contributed by atoms with van der Waals surface area (Å²) in [6.07, 6.45) is 6.23. The average Bonchev–Trinajstić information content (AvgIpc) is 2.61. The molecule has 1 aliphatic heterocycles. The van der Waals surface area contributed by atoms with Crippen molar-refractivity contribution in [1.82, 2.24) is 10.2 Å². The summed E-state index contributed by atoms with van der Waals surface area (Å²) in [4.78, 5) is 14.3. The lowest BCUT2D eigenvalue weighted by Crippen LogP contribution is -2.43. The van der Waals surface area contributed by atoms with Gasteiger partial charge in [0.2, 0.25) is 5.91 Å².